The van der Waals surface area contributed by atoms with Crippen molar-refractivity contribution < 1.29 is 5.11 Å². The molecule has 1 N–H and O–H groups in total. The molecule has 78 valence electrons. The summed E-state index contributed by atoms with van der Waals surface area (Å²) in [4.78, 5) is 0. The lowest BCUT2D eigenvalue weighted by Crippen LogP contribution is -1.79. The fraction of sp³-hybridized carbons (Fsp3) is 0.818. The Morgan fingerprint density at radius 2 is 1.46 bits per heavy atom. The first-order valence-corrected chi connectivity index (χ1v) is 6.76. The number of alkyl halides is 1. The van der Waals surface area contributed by atoms with Crippen LogP contribution in [0.2, 0.25) is 0 Å². The van der Waals surface area contributed by atoms with E-state index in [2.05, 4.69) is 34.7 Å². The first-order valence-electron chi connectivity index (χ1n) is 5.23. The van der Waals surface area contributed by atoms with Gasteiger partial charge in [0, 0.05) is 6.61 Å². The topological polar surface area (TPSA) is 20.2 Å². The van der Waals surface area contributed by atoms with E-state index in [9.17, 15) is 0 Å². The van der Waals surface area contributed by atoms with Gasteiger partial charge in [-0.2, -0.15) is 0 Å². The maximum atomic E-state index is 8.51. The monoisotopic (exact) mass is 296 g/mol. The van der Waals surface area contributed by atoms with Crippen LogP contribution in [0, 0.1) is 0 Å². The third kappa shape index (κ3) is 12.4. The third-order valence-electron chi connectivity index (χ3n) is 1.97. The summed E-state index contributed by atoms with van der Waals surface area (Å²) in [6.45, 7) is 0.284. The van der Waals surface area contributed by atoms with Gasteiger partial charge in [0.05, 0.1) is 0 Å². The zero-order valence-corrected chi connectivity index (χ0v) is 10.5. The molecule has 0 aliphatic rings. The van der Waals surface area contributed by atoms with E-state index in [1.54, 1.807) is 0 Å². The number of aliphatic hydroxyl groups is 1. The van der Waals surface area contributed by atoms with E-state index in [1.807, 2.05) is 0 Å². The van der Waals surface area contributed by atoms with E-state index in [0.29, 0.717) is 0 Å². The highest BCUT2D eigenvalue weighted by molar-refractivity contribution is 14.1. The first kappa shape index (κ1) is 13.4. The Morgan fingerprint density at radius 3 is 2.15 bits per heavy atom. The van der Waals surface area contributed by atoms with Crippen LogP contribution in [0.15, 0.2) is 12.2 Å². The molecule has 0 fully saturated rings. The van der Waals surface area contributed by atoms with E-state index in [4.69, 9.17) is 5.11 Å². The molecule has 0 saturated heterocycles. The summed E-state index contributed by atoms with van der Waals surface area (Å²) in [5.41, 5.74) is 0. The molecule has 0 rings (SSSR count). The predicted molar refractivity (Wildman–Crippen MR) is 67.4 cm³/mol. The number of halogens is 1. The summed E-state index contributed by atoms with van der Waals surface area (Å²) in [5, 5.41) is 8.51. The molecular formula is C11H21IO. The van der Waals surface area contributed by atoms with Gasteiger partial charge < -0.3 is 5.11 Å². The molecule has 0 aromatic carbocycles. The summed E-state index contributed by atoms with van der Waals surface area (Å²) in [7, 11) is 0. The average molecular weight is 296 g/mol. The molecule has 13 heavy (non-hydrogen) atoms. The van der Waals surface area contributed by atoms with E-state index in [1.165, 1.54) is 43.0 Å². The summed E-state index contributed by atoms with van der Waals surface area (Å²) < 4.78 is 1.30. The number of hydrogen-bond acceptors (Lipinski definition) is 1. The van der Waals surface area contributed by atoms with Crippen molar-refractivity contribution in [3.05, 3.63) is 12.2 Å². The molecule has 0 radical (unpaired) electrons. The van der Waals surface area contributed by atoms with Crippen LogP contribution in [0.4, 0.5) is 0 Å². The first-order chi connectivity index (χ1) is 6.41. The highest BCUT2D eigenvalue weighted by Crippen LogP contribution is 2.07. The quantitative estimate of drug-likeness (QED) is 0.298. The summed E-state index contributed by atoms with van der Waals surface area (Å²) in [6, 6.07) is 0. The van der Waals surface area contributed by atoms with E-state index in [-0.39, 0.29) is 6.61 Å². The third-order valence-corrected chi connectivity index (χ3v) is 2.73. The molecule has 0 amide bonds. The number of aliphatic hydroxyl groups excluding tert-OH is 1. The standard InChI is InChI=1S/C11H21IO/c12-10-8-6-4-2-1-3-5-7-9-11-13/h5,7,13H,1-4,6,8-11H2/b7-5+. The van der Waals surface area contributed by atoms with Crippen molar-refractivity contribution in [3.8, 4) is 0 Å². The number of allylic oxidation sites excluding steroid dienone is 1. The van der Waals surface area contributed by atoms with Crippen LogP contribution in [0.25, 0.3) is 0 Å². The smallest absolute Gasteiger partial charge is 0.0465 e. The summed E-state index contributed by atoms with van der Waals surface area (Å²) >= 11 is 2.44. The molecule has 0 saturated carbocycles. The van der Waals surface area contributed by atoms with E-state index < -0.39 is 0 Å². The van der Waals surface area contributed by atoms with E-state index >= 15 is 0 Å². The van der Waals surface area contributed by atoms with Gasteiger partial charge in [0.2, 0.25) is 0 Å². The maximum Gasteiger partial charge on any atom is 0.0465 e. The van der Waals surface area contributed by atoms with Crippen LogP contribution >= 0.6 is 22.6 Å². The second-order valence-electron chi connectivity index (χ2n) is 3.23. The zero-order valence-electron chi connectivity index (χ0n) is 8.34. The van der Waals surface area contributed by atoms with Gasteiger partial charge in [-0.25, -0.2) is 0 Å². The second kappa shape index (κ2) is 12.4. The number of hydrogen-bond donors (Lipinski definition) is 1. The van der Waals surface area contributed by atoms with Crippen molar-refractivity contribution in [2.75, 3.05) is 11.0 Å². The molecule has 0 heterocycles. The summed E-state index contributed by atoms with van der Waals surface area (Å²) in [6.07, 6.45) is 13.1. The molecule has 2 heteroatoms. The van der Waals surface area contributed by atoms with Crippen LogP contribution in [0.3, 0.4) is 0 Å². The van der Waals surface area contributed by atoms with Crippen LogP contribution < -0.4 is 0 Å². The molecule has 0 unspecified atom stereocenters. The van der Waals surface area contributed by atoms with Gasteiger partial charge in [0.1, 0.15) is 0 Å². The Hall–Kier alpha value is 0.430. The van der Waals surface area contributed by atoms with Crippen molar-refractivity contribution in [1.82, 2.24) is 0 Å². The van der Waals surface area contributed by atoms with Crippen LogP contribution in [0.5, 0.6) is 0 Å². The van der Waals surface area contributed by atoms with Gasteiger partial charge in [-0.05, 0) is 30.1 Å². The van der Waals surface area contributed by atoms with Gasteiger partial charge in [-0.3, -0.25) is 0 Å². The number of rotatable bonds is 9. The molecule has 0 aliphatic heterocycles. The molecule has 0 atom stereocenters. The molecular weight excluding hydrogens is 275 g/mol. The SMILES string of the molecule is OCC/C=C/CCCCCCCI. The lowest BCUT2D eigenvalue weighted by molar-refractivity contribution is 0.302. The van der Waals surface area contributed by atoms with Gasteiger partial charge in [0.15, 0.2) is 0 Å². The number of unbranched alkanes of at least 4 members (excludes halogenated alkanes) is 5. The minimum Gasteiger partial charge on any atom is -0.396 e. The highest BCUT2D eigenvalue weighted by atomic mass is 127. The zero-order chi connectivity index (χ0) is 9.78. The Labute approximate surface area is 95.8 Å². The minimum absolute atomic E-state index is 0.284. The minimum atomic E-state index is 0.284. The highest BCUT2D eigenvalue weighted by Gasteiger charge is 1.87. The molecule has 0 aromatic rings. The van der Waals surface area contributed by atoms with Crippen molar-refractivity contribution in [2.45, 2.75) is 44.9 Å². The maximum absolute atomic E-state index is 8.51. The Bertz CT molecular complexity index is 113. The van der Waals surface area contributed by atoms with Gasteiger partial charge in [0.25, 0.3) is 0 Å². The van der Waals surface area contributed by atoms with Gasteiger partial charge in [-0.15, -0.1) is 0 Å². The van der Waals surface area contributed by atoms with Crippen molar-refractivity contribution in [3.63, 3.8) is 0 Å². The van der Waals surface area contributed by atoms with Crippen LogP contribution in [-0.2, 0) is 0 Å². The fourth-order valence-corrected chi connectivity index (χ4v) is 1.74. The van der Waals surface area contributed by atoms with Crippen molar-refractivity contribution in [1.29, 1.82) is 0 Å². The van der Waals surface area contributed by atoms with Gasteiger partial charge >= 0.3 is 0 Å². The largest absolute Gasteiger partial charge is 0.396 e. The predicted octanol–water partition coefficient (Wildman–Crippen LogP) is 3.70. The molecule has 1 nitrogen and oxygen atoms in total. The van der Waals surface area contributed by atoms with Crippen LogP contribution in [-0.4, -0.2) is 16.1 Å². The molecule has 0 bridgehead atoms. The lowest BCUT2D eigenvalue weighted by atomic mass is 10.1. The molecule has 0 aromatic heterocycles. The normalized spacial score (nSPS) is 11.2. The Morgan fingerprint density at radius 1 is 0.846 bits per heavy atom. The average Bonchev–Trinajstić information content (AvgIpc) is 2.16. The van der Waals surface area contributed by atoms with Crippen LogP contribution in [0.1, 0.15) is 44.9 Å². The fourth-order valence-electron chi connectivity index (χ4n) is 1.20. The Kier molecular flexibility index (Phi) is 12.8. The van der Waals surface area contributed by atoms with Gasteiger partial charge in [-0.1, -0.05) is 54.0 Å². The summed E-state index contributed by atoms with van der Waals surface area (Å²) in [5.74, 6) is 0. The van der Waals surface area contributed by atoms with Crippen molar-refractivity contribution in [2.24, 2.45) is 0 Å². The lowest BCUT2D eigenvalue weighted by Gasteiger charge is -1.96. The molecule has 0 spiro atoms. The van der Waals surface area contributed by atoms with E-state index in [0.717, 1.165) is 6.42 Å². The molecule has 0 aliphatic carbocycles. The second-order valence-corrected chi connectivity index (χ2v) is 4.31. The van der Waals surface area contributed by atoms with Crippen molar-refractivity contribution >= 4 is 22.6 Å². The Balaban J connectivity index is 2.91.